The van der Waals surface area contributed by atoms with E-state index in [1.807, 2.05) is 31.2 Å². The molecule has 14 heavy (non-hydrogen) atoms. The van der Waals surface area contributed by atoms with Crippen LogP contribution in [0.2, 0.25) is 0 Å². The molecule has 0 bridgehead atoms. The first-order valence-corrected chi connectivity index (χ1v) is 4.85. The van der Waals surface area contributed by atoms with Crippen molar-refractivity contribution in [3.05, 3.63) is 18.0 Å². The van der Waals surface area contributed by atoms with Crippen molar-refractivity contribution in [1.82, 2.24) is 15.1 Å². The van der Waals surface area contributed by atoms with Crippen LogP contribution in [0.3, 0.4) is 0 Å². The molecule has 0 spiro atoms. The van der Waals surface area contributed by atoms with E-state index < -0.39 is 0 Å². The van der Waals surface area contributed by atoms with Crippen LogP contribution in [-0.2, 0) is 18.2 Å². The largest absolute Gasteiger partial charge is 0.380 e. The molecule has 0 saturated carbocycles. The van der Waals surface area contributed by atoms with Crippen LogP contribution in [-0.4, -0.2) is 36.1 Å². The molecule has 0 saturated heterocycles. The van der Waals surface area contributed by atoms with Crippen molar-refractivity contribution in [1.29, 1.82) is 0 Å². The van der Waals surface area contributed by atoms with E-state index in [0.29, 0.717) is 6.04 Å². The van der Waals surface area contributed by atoms with E-state index >= 15 is 0 Å². The smallest absolute Gasteiger partial charge is 0.0699 e. The highest BCUT2D eigenvalue weighted by molar-refractivity contribution is 5.06. The highest BCUT2D eigenvalue weighted by Crippen LogP contribution is 2.06. The van der Waals surface area contributed by atoms with Gasteiger partial charge in [0.1, 0.15) is 0 Å². The Balaban J connectivity index is 2.56. The zero-order valence-electron chi connectivity index (χ0n) is 9.32. The molecule has 80 valence electrons. The maximum Gasteiger partial charge on any atom is 0.0699 e. The second-order valence-corrected chi connectivity index (χ2v) is 3.56. The number of likely N-dealkylation sites (N-methyl/N-ethyl adjacent to an activating group) is 1. The lowest BCUT2D eigenvalue weighted by Crippen LogP contribution is -2.38. The number of aryl methyl sites for hydroxylation is 1. The van der Waals surface area contributed by atoms with Crippen molar-refractivity contribution < 1.29 is 4.74 Å². The van der Waals surface area contributed by atoms with Crippen molar-refractivity contribution in [2.45, 2.75) is 25.5 Å². The van der Waals surface area contributed by atoms with Gasteiger partial charge in [-0.05, 0) is 26.0 Å². The van der Waals surface area contributed by atoms with E-state index in [1.54, 1.807) is 7.11 Å². The summed E-state index contributed by atoms with van der Waals surface area (Å²) in [6.45, 7) is 2.07. The van der Waals surface area contributed by atoms with Gasteiger partial charge in [-0.2, -0.15) is 5.10 Å². The summed E-state index contributed by atoms with van der Waals surface area (Å²) < 4.78 is 7.11. The van der Waals surface area contributed by atoms with Gasteiger partial charge in [0.2, 0.25) is 0 Å². The quantitative estimate of drug-likeness (QED) is 0.750. The molecule has 1 aromatic heterocycles. The lowest BCUT2D eigenvalue weighted by molar-refractivity contribution is 0.0857. The fourth-order valence-corrected chi connectivity index (χ4v) is 1.50. The monoisotopic (exact) mass is 197 g/mol. The molecule has 0 fully saturated rings. The average molecular weight is 197 g/mol. The van der Waals surface area contributed by atoms with Crippen LogP contribution in [0.4, 0.5) is 0 Å². The second-order valence-electron chi connectivity index (χ2n) is 3.56. The van der Waals surface area contributed by atoms with Crippen molar-refractivity contribution in [3.8, 4) is 0 Å². The van der Waals surface area contributed by atoms with E-state index in [0.717, 1.165) is 6.42 Å². The van der Waals surface area contributed by atoms with Gasteiger partial charge in [0, 0.05) is 26.4 Å². The maximum absolute atomic E-state index is 5.29. The minimum Gasteiger partial charge on any atom is -0.380 e. The van der Waals surface area contributed by atoms with Crippen molar-refractivity contribution >= 4 is 0 Å². The van der Waals surface area contributed by atoms with Gasteiger partial charge in [-0.1, -0.05) is 0 Å². The van der Waals surface area contributed by atoms with Crippen molar-refractivity contribution in [3.63, 3.8) is 0 Å². The summed E-state index contributed by atoms with van der Waals surface area (Å²) in [5.41, 5.74) is 1.23. The molecule has 4 nitrogen and oxygen atoms in total. The van der Waals surface area contributed by atoms with E-state index in [4.69, 9.17) is 4.74 Å². The van der Waals surface area contributed by atoms with Crippen molar-refractivity contribution in [2.75, 3.05) is 14.2 Å². The summed E-state index contributed by atoms with van der Waals surface area (Å²) in [6, 6.07) is 0.337. The molecule has 1 heterocycles. The average Bonchev–Trinajstić information content (AvgIpc) is 2.59. The maximum atomic E-state index is 5.29. The molecule has 4 heteroatoms. The van der Waals surface area contributed by atoms with Gasteiger partial charge in [0.05, 0.1) is 12.3 Å². The standard InChI is InChI=1S/C10H19N3O/c1-8(14-4)10(11-2)5-9-6-12-13(3)7-9/h6-8,10-11H,5H2,1-4H3. The number of nitrogens with one attached hydrogen (secondary N) is 1. The van der Waals surface area contributed by atoms with Gasteiger partial charge in [-0.25, -0.2) is 0 Å². The molecule has 2 atom stereocenters. The molecule has 0 radical (unpaired) electrons. The highest BCUT2D eigenvalue weighted by atomic mass is 16.5. The Morgan fingerprint density at radius 2 is 2.36 bits per heavy atom. The first-order valence-electron chi connectivity index (χ1n) is 4.85. The summed E-state index contributed by atoms with van der Waals surface area (Å²) >= 11 is 0. The Kier molecular flexibility index (Phi) is 4.10. The van der Waals surface area contributed by atoms with Gasteiger partial charge < -0.3 is 10.1 Å². The van der Waals surface area contributed by atoms with Gasteiger partial charge in [0.15, 0.2) is 0 Å². The van der Waals surface area contributed by atoms with E-state index in [9.17, 15) is 0 Å². The normalized spacial score (nSPS) is 15.4. The first-order chi connectivity index (χ1) is 6.67. The Morgan fingerprint density at radius 1 is 1.64 bits per heavy atom. The third-order valence-electron chi connectivity index (χ3n) is 2.52. The summed E-state index contributed by atoms with van der Waals surface area (Å²) in [5, 5.41) is 7.39. The fourth-order valence-electron chi connectivity index (χ4n) is 1.50. The van der Waals surface area contributed by atoms with E-state index in [2.05, 4.69) is 17.3 Å². The van der Waals surface area contributed by atoms with Crippen LogP contribution in [0, 0.1) is 0 Å². The highest BCUT2D eigenvalue weighted by Gasteiger charge is 2.15. The molecular formula is C10H19N3O. The predicted molar refractivity (Wildman–Crippen MR) is 56.2 cm³/mol. The number of rotatable bonds is 5. The molecule has 1 aromatic rings. The predicted octanol–water partition coefficient (Wildman–Crippen LogP) is 0.585. The van der Waals surface area contributed by atoms with Crippen LogP contribution in [0.1, 0.15) is 12.5 Å². The molecule has 1 N–H and O–H groups in total. The lowest BCUT2D eigenvalue weighted by Gasteiger charge is -2.21. The summed E-state index contributed by atoms with van der Waals surface area (Å²) in [5.74, 6) is 0. The molecule has 2 unspecified atom stereocenters. The van der Waals surface area contributed by atoms with Crippen LogP contribution in [0.15, 0.2) is 12.4 Å². The minimum atomic E-state index is 0.209. The Labute approximate surface area is 85.3 Å². The summed E-state index contributed by atoms with van der Waals surface area (Å²) in [4.78, 5) is 0. The number of hydrogen-bond donors (Lipinski definition) is 1. The zero-order valence-corrected chi connectivity index (χ0v) is 9.32. The SMILES string of the molecule is CNC(Cc1cnn(C)c1)C(C)OC. The number of hydrogen-bond acceptors (Lipinski definition) is 3. The molecule has 0 aliphatic rings. The van der Waals surface area contributed by atoms with Crippen molar-refractivity contribution in [2.24, 2.45) is 7.05 Å². The third-order valence-corrected chi connectivity index (χ3v) is 2.52. The second kappa shape index (κ2) is 5.12. The molecule has 0 aliphatic heterocycles. The fraction of sp³-hybridized carbons (Fsp3) is 0.700. The Morgan fingerprint density at radius 3 is 2.79 bits per heavy atom. The van der Waals surface area contributed by atoms with Gasteiger partial charge in [-0.15, -0.1) is 0 Å². The van der Waals surface area contributed by atoms with Crippen LogP contribution < -0.4 is 5.32 Å². The molecule has 1 rings (SSSR count). The molecular weight excluding hydrogens is 178 g/mol. The topological polar surface area (TPSA) is 39.1 Å². The molecule has 0 amide bonds. The third kappa shape index (κ3) is 2.82. The Bertz CT molecular complexity index is 272. The number of ether oxygens (including phenoxy) is 1. The zero-order chi connectivity index (χ0) is 10.6. The first kappa shape index (κ1) is 11.2. The van der Waals surface area contributed by atoms with Gasteiger partial charge in [-0.3, -0.25) is 4.68 Å². The van der Waals surface area contributed by atoms with E-state index in [-0.39, 0.29) is 6.10 Å². The molecule has 0 aromatic carbocycles. The summed E-state index contributed by atoms with van der Waals surface area (Å²) in [7, 11) is 5.62. The van der Waals surface area contributed by atoms with Gasteiger partial charge >= 0.3 is 0 Å². The lowest BCUT2D eigenvalue weighted by atomic mass is 10.1. The number of nitrogens with zero attached hydrogens (tertiary/aromatic N) is 2. The number of methoxy groups -OCH3 is 1. The van der Waals surface area contributed by atoms with E-state index in [1.165, 1.54) is 5.56 Å². The minimum absolute atomic E-state index is 0.209. The molecule has 0 aliphatic carbocycles. The van der Waals surface area contributed by atoms with Gasteiger partial charge in [0.25, 0.3) is 0 Å². The van der Waals surface area contributed by atoms with Crippen LogP contribution >= 0.6 is 0 Å². The van der Waals surface area contributed by atoms with Crippen LogP contribution in [0.5, 0.6) is 0 Å². The Hall–Kier alpha value is -0.870. The number of aromatic nitrogens is 2. The van der Waals surface area contributed by atoms with Crippen LogP contribution in [0.25, 0.3) is 0 Å². The summed E-state index contributed by atoms with van der Waals surface area (Å²) in [6.07, 6.45) is 5.08.